The van der Waals surface area contributed by atoms with E-state index in [1.54, 1.807) is 4.90 Å². The highest BCUT2D eigenvalue weighted by molar-refractivity contribution is 5.99. The molecule has 0 spiro atoms. The summed E-state index contributed by atoms with van der Waals surface area (Å²) in [4.78, 5) is 25.0. The monoisotopic (exact) mass is 287 g/mol. The summed E-state index contributed by atoms with van der Waals surface area (Å²) in [5.41, 5.74) is 2.59. The van der Waals surface area contributed by atoms with E-state index < -0.39 is 11.9 Å². The minimum atomic E-state index is -0.833. The predicted molar refractivity (Wildman–Crippen MR) is 77.0 cm³/mol. The van der Waals surface area contributed by atoms with Crippen molar-refractivity contribution in [3.63, 3.8) is 0 Å². The lowest BCUT2D eigenvalue weighted by atomic mass is 10.0. The fourth-order valence-electron chi connectivity index (χ4n) is 2.77. The average molecular weight is 287 g/mol. The predicted octanol–water partition coefficient (Wildman–Crippen LogP) is 1.70. The number of likely N-dealkylation sites (tertiary alicyclic amines) is 1. The van der Waals surface area contributed by atoms with Gasteiger partial charge in [-0.25, -0.2) is 0 Å². The summed E-state index contributed by atoms with van der Waals surface area (Å²) >= 11 is 0. The van der Waals surface area contributed by atoms with E-state index in [2.05, 4.69) is 0 Å². The summed E-state index contributed by atoms with van der Waals surface area (Å²) in [6, 6.07) is 5.85. The van der Waals surface area contributed by atoms with E-state index >= 15 is 0 Å². The molecular formula is C16H17NO4. The number of benzene rings is 1. The van der Waals surface area contributed by atoms with Gasteiger partial charge in [0.1, 0.15) is 12.4 Å². The second-order valence-corrected chi connectivity index (χ2v) is 5.57. The zero-order valence-electron chi connectivity index (χ0n) is 11.8. The molecule has 0 aliphatic carbocycles. The molecule has 2 aliphatic rings. The number of carbonyl (C=O) groups excluding carboxylic acids is 1. The van der Waals surface area contributed by atoms with Gasteiger partial charge in [0.15, 0.2) is 0 Å². The van der Waals surface area contributed by atoms with Gasteiger partial charge in [-0.05, 0) is 31.6 Å². The van der Waals surface area contributed by atoms with Gasteiger partial charge in [0, 0.05) is 18.7 Å². The second kappa shape index (κ2) is 5.24. The number of carboxylic acid groups (broad SMARTS) is 1. The first-order valence-corrected chi connectivity index (χ1v) is 7.00. The Morgan fingerprint density at radius 2 is 2.19 bits per heavy atom. The number of aliphatic carboxylic acids is 1. The summed E-state index contributed by atoms with van der Waals surface area (Å²) in [6.07, 6.45) is 2.37. The Bertz CT molecular complexity index is 635. The second-order valence-electron chi connectivity index (χ2n) is 5.57. The van der Waals surface area contributed by atoms with E-state index in [4.69, 9.17) is 9.84 Å². The first-order chi connectivity index (χ1) is 10.0. The van der Waals surface area contributed by atoms with Gasteiger partial charge in [-0.1, -0.05) is 11.6 Å². The molecule has 5 nitrogen and oxygen atoms in total. The van der Waals surface area contributed by atoms with Crippen LogP contribution in [0.2, 0.25) is 0 Å². The van der Waals surface area contributed by atoms with Gasteiger partial charge in [0.25, 0.3) is 5.91 Å². The van der Waals surface area contributed by atoms with E-state index in [9.17, 15) is 9.59 Å². The van der Waals surface area contributed by atoms with Gasteiger partial charge in [-0.15, -0.1) is 0 Å². The molecule has 1 aromatic carbocycles. The van der Waals surface area contributed by atoms with Crippen molar-refractivity contribution in [1.29, 1.82) is 0 Å². The highest BCUT2D eigenvalue weighted by atomic mass is 16.5. The van der Waals surface area contributed by atoms with Crippen molar-refractivity contribution in [3.8, 4) is 5.75 Å². The van der Waals surface area contributed by atoms with Gasteiger partial charge < -0.3 is 14.7 Å². The van der Waals surface area contributed by atoms with Crippen molar-refractivity contribution < 1.29 is 19.4 Å². The summed E-state index contributed by atoms with van der Waals surface area (Å²) < 4.78 is 5.61. The minimum Gasteiger partial charge on any atom is -0.488 e. The molecule has 1 saturated heterocycles. The smallest absolute Gasteiger partial charge is 0.308 e. The lowest BCUT2D eigenvalue weighted by Crippen LogP contribution is -2.33. The molecule has 0 aromatic heterocycles. The number of hydrogen-bond acceptors (Lipinski definition) is 3. The number of hydrogen-bond donors (Lipinski definition) is 1. The quantitative estimate of drug-likeness (QED) is 0.899. The molecule has 3 rings (SSSR count). The van der Waals surface area contributed by atoms with E-state index in [1.807, 2.05) is 31.2 Å². The Kier molecular flexibility index (Phi) is 3.41. The van der Waals surface area contributed by atoms with E-state index in [0.29, 0.717) is 18.5 Å². The number of amides is 1. The van der Waals surface area contributed by atoms with Crippen LogP contribution >= 0.6 is 0 Å². The fraction of sp³-hybridized carbons (Fsp3) is 0.375. The Labute approximate surface area is 122 Å². The van der Waals surface area contributed by atoms with Crippen LogP contribution in [0.4, 0.5) is 0 Å². The van der Waals surface area contributed by atoms with Crippen molar-refractivity contribution in [2.24, 2.45) is 5.92 Å². The maximum absolute atomic E-state index is 12.4. The van der Waals surface area contributed by atoms with Crippen LogP contribution in [-0.4, -0.2) is 41.6 Å². The minimum absolute atomic E-state index is 0.120. The van der Waals surface area contributed by atoms with Crippen LogP contribution in [0.5, 0.6) is 5.75 Å². The fourth-order valence-corrected chi connectivity index (χ4v) is 2.77. The Balaban J connectivity index is 1.79. The number of aryl methyl sites for hydroxylation is 1. The van der Waals surface area contributed by atoms with Crippen molar-refractivity contribution in [1.82, 2.24) is 4.90 Å². The number of nitrogens with zero attached hydrogens (tertiary/aromatic N) is 1. The molecule has 1 fully saturated rings. The van der Waals surface area contributed by atoms with Crippen LogP contribution in [0.15, 0.2) is 23.8 Å². The molecule has 0 radical (unpaired) electrons. The molecule has 1 amide bonds. The number of rotatable bonds is 2. The van der Waals surface area contributed by atoms with Crippen LogP contribution in [0.3, 0.4) is 0 Å². The van der Waals surface area contributed by atoms with Gasteiger partial charge in [0.05, 0.1) is 11.5 Å². The maximum atomic E-state index is 12.4. The molecule has 0 bridgehead atoms. The highest BCUT2D eigenvalue weighted by Crippen LogP contribution is 2.28. The summed E-state index contributed by atoms with van der Waals surface area (Å²) in [5.74, 6) is -0.623. The SMILES string of the molecule is Cc1ccc2c(c1)C=C(C(=O)N1CCC(C(=O)O)C1)CO2. The van der Waals surface area contributed by atoms with E-state index in [0.717, 1.165) is 16.9 Å². The standard InChI is InChI=1S/C16H17NO4/c1-10-2-3-14-12(6-10)7-13(9-21-14)15(18)17-5-4-11(8-17)16(19)20/h2-3,6-7,11H,4-5,8-9H2,1H3,(H,19,20). The topological polar surface area (TPSA) is 66.8 Å². The molecular weight excluding hydrogens is 270 g/mol. The zero-order valence-corrected chi connectivity index (χ0v) is 11.8. The van der Waals surface area contributed by atoms with Crippen LogP contribution in [0, 0.1) is 12.8 Å². The van der Waals surface area contributed by atoms with Gasteiger partial charge in [-0.2, -0.15) is 0 Å². The molecule has 1 aromatic rings. The third kappa shape index (κ3) is 2.63. The summed E-state index contributed by atoms with van der Waals surface area (Å²) in [5, 5.41) is 9.01. The number of carboxylic acids is 1. The maximum Gasteiger partial charge on any atom is 0.308 e. The number of ether oxygens (including phenoxy) is 1. The molecule has 21 heavy (non-hydrogen) atoms. The van der Waals surface area contributed by atoms with E-state index in [-0.39, 0.29) is 19.1 Å². The number of carbonyl (C=O) groups is 2. The largest absolute Gasteiger partial charge is 0.488 e. The molecule has 110 valence electrons. The van der Waals surface area contributed by atoms with Crippen molar-refractivity contribution in [3.05, 3.63) is 34.9 Å². The van der Waals surface area contributed by atoms with Crippen molar-refractivity contribution in [2.45, 2.75) is 13.3 Å². The van der Waals surface area contributed by atoms with Gasteiger partial charge >= 0.3 is 5.97 Å². The highest BCUT2D eigenvalue weighted by Gasteiger charge is 2.32. The molecule has 1 N–H and O–H groups in total. The summed E-state index contributed by atoms with van der Waals surface area (Å²) in [6.45, 7) is 3.01. The van der Waals surface area contributed by atoms with Crippen molar-refractivity contribution >= 4 is 18.0 Å². The van der Waals surface area contributed by atoms with E-state index in [1.165, 1.54) is 0 Å². The van der Waals surface area contributed by atoms with Crippen LogP contribution in [0.1, 0.15) is 17.5 Å². The molecule has 5 heteroatoms. The van der Waals surface area contributed by atoms with Gasteiger partial charge in [-0.3, -0.25) is 9.59 Å². The Morgan fingerprint density at radius 3 is 2.90 bits per heavy atom. The molecule has 0 saturated carbocycles. The third-order valence-corrected chi connectivity index (χ3v) is 3.98. The van der Waals surface area contributed by atoms with Crippen LogP contribution in [0.25, 0.3) is 6.08 Å². The first kappa shape index (κ1) is 13.7. The zero-order chi connectivity index (χ0) is 15.0. The molecule has 2 heterocycles. The first-order valence-electron chi connectivity index (χ1n) is 7.00. The van der Waals surface area contributed by atoms with Crippen LogP contribution < -0.4 is 4.74 Å². The van der Waals surface area contributed by atoms with Crippen LogP contribution in [-0.2, 0) is 9.59 Å². The number of fused-ring (bicyclic) bond motifs is 1. The molecule has 2 aliphatic heterocycles. The van der Waals surface area contributed by atoms with Crippen molar-refractivity contribution in [2.75, 3.05) is 19.7 Å². The van der Waals surface area contributed by atoms with Gasteiger partial charge in [0.2, 0.25) is 0 Å². The third-order valence-electron chi connectivity index (χ3n) is 3.98. The normalized spacial score (nSPS) is 20.5. The summed E-state index contributed by atoms with van der Waals surface area (Å²) in [7, 11) is 0. The molecule has 1 unspecified atom stereocenters. The lowest BCUT2D eigenvalue weighted by Gasteiger charge is -2.22. The lowest BCUT2D eigenvalue weighted by molar-refractivity contribution is -0.141. The Morgan fingerprint density at radius 1 is 1.38 bits per heavy atom. The average Bonchev–Trinajstić information content (AvgIpc) is 2.95. The Hall–Kier alpha value is -2.30. The molecule has 1 atom stereocenters.